The molecule has 2 aromatic rings. The minimum absolute atomic E-state index is 0.0636. The van der Waals surface area contributed by atoms with E-state index in [2.05, 4.69) is 33.5 Å². The van der Waals surface area contributed by atoms with Gasteiger partial charge in [-0.3, -0.25) is 19.9 Å². The fourth-order valence-electron chi connectivity index (χ4n) is 5.23. The van der Waals surface area contributed by atoms with E-state index in [-0.39, 0.29) is 30.5 Å². The van der Waals surface area contributed by atoms with Crippen LogP contribution in [0.1, 0.15) is 42.7 Å². The molecule has 4 rings (SSSR count). The number of nitrogens with one attached hydrogen (secondary N) is 1. The molecule has 42 heavy (non-hydrogen) atoms. The Morgan fingerprint density at radius 1 is 1.19 bits per heavy atom. The molecular weight excluding hydrogens is 546 g/mol. The van der Waals surface area contributed by atoms with E-state index < -0.39 is 18.1 Å². The van der Waals surface area contributed by atoms with E-state index in [1.54, 1.807) is 23.2 Å². The number of alkyl halides is 2. The third-order valence-electron chi connectivity index (χ3n) is 7.53. The lowest BCUT2D eigenvalue weighted by Gasteiger charge is -2.38. The van der Waals surface area contributed by atoms with E-state index in [1.807, 2.05) is 13.2 Å². The quantitative estimate of drug-likeness (QED) is 0.139. The number of rotatable bonds is 12. The van der Waals surface area contributed by atoms with Gasteiger partial charge in [0.15, 0.2) is 0 Å². The monoisotopic (exact) mass is 583 g/mol. The summed E-state index contributed by atoms with van der Waals surface area (Å²) in [4.78, 5) is 17.6. The molecule has 1 aliphatic heterocycles. The Hall–Kier alpha value is -3.99. The third kappa shape index (κ3) is 7.84. The number of halogens is 4. The van der Waals surface area contributed by atoms with Crippen LogP contribution in [-0.4, -0.2) is 73.0 Å². The Morgan fingerprint density at radius 3 is 2.48 bits per heavy atom. The molecule has 1 saturated carbocycles. The van der Waals surface area contributed by atoms with Gasteiger partial charge in [0.2, 0.25) is 0 Å². The number of amidine groups is 1. The van der Waals surface area contributed by atoms with Crippen molar-refractivity contribution in [1.82, 2.24) is 14.8 Å². The molecule has 0 atom stereocenters. The van der Waals surface area contributed by atoms with Gasteiger partial charge in [-0.1, -0.05) is 12.6 Å². The molecule has 1 aliphatic carbocycles. The predicted molar refractivity (Wildman–Crippen MR) is 161 cm³/mol. The highest BCUT2D eigenvalue weighted by molar-refractivity contribution is 6.04. The van der Waals surface area contributed by atoms with Crippen LogP contribution in [0.15, 0.2) is 76.8 Å². The topological polar surface area (TPSA) is 82.1 Å². The largest absolute Gasteiger partial charge is 0.405 e. The van der Waals surface area contributed by atoms with Crippen LogP contribution < -0.4 is 11.1 Å². The number of benzene rings is 1. The molecule has 0 spiro atoms. The van der Waals surface area contributed by atoms with Crippen LogP contribution in [0.25, 0.3) is 0 Å². The number of anilines is 1. The first-order valence-electron chi connectivity index (χ1n) is 13.9. The van der Waals surface area contributed by atoms with Crippen molar-refractivity contribution in [2.45, 2.75) is 44.1 Å². The summed E-state index contributed by atoms with van der Waals surface area (Å²) in [7, 11) is 1.96. The van der Waals surface area contributed by atoms with Gasteiger partial charge in [0.05, 0.1) is 25.0 Å². The van der Waals surface area contributed by atoms with E-state index in [9.17, 15) is 17.6 Å². The van der Waals surface area contributed by atoms with E-state index in [1.165, 1.54) is 12.3 Å². The summed E-state index contributed by atoms with van der Waals surface area (Å²) in [5, 5.41) is 2.69. The van der Waals surface area contributed by atoms with Crippen LogP contribution in [0.4, 0.5) is 28.9 Å². The van der Waals surface area contributed by atoms with Gasteiger partial charge in [-0.25, -0.2) is 17.6 Å². The van der Waals surface area contributed by atoms with E-state index in [0.29, 0.717) is 48.9 Å². The number of aromatic nitrogens is 1. The molecule has 1 aromatic heterocycles. The summed E-state index contributed by atoms with van der Waals surface area (Å²) in [6, 6.07) is 3.66. The summed E-state index contributed by atoms with van der Waals surface area (Å²) in [5.41, 5.74) is 8.82. The third-order valence-corrected chi connectivity index (χ3v) is 7.53. The predicted octanol–water partition coefficient (Wildman–Crippen LogP) is 6.00. The number of likely N-dealkylation sites (tertiary alicyclic amines) is 1. The molecule has 2 aliphatic rings. The van der Waals surface area contributed by atoms with Crippen molar-refractivity contribution in [2.24, 2.45) is 15.7 Å². The van der Waals surface area contributed by atoms with Gasteiger partial charge >= 0.3 is 0 Å². The number of hydrogen-bond donors (Lipinski definition) is 2. The van der Waals surface area contributed by atoms with Crippen LogP contribution in [0, 0.1) is 11.6 Å². The molecule has 0 unspecified atom stereocenters. The smallest absolute Gasteiger partial charge is 0.251 e. The Balaban J connectivity index is 1.66. The van der Waals surface area contributed by atoms with Gasteiger partial charge in [0.25, 0.3) is 6.43 Å². The first-order chi connectivity index (χ1) is 20.2. The van der Waals surface area contributed by atoms with Gasteiger partial charge in [-0.2, -0.15) is 0 Å². The average molecular weight is 584 g/mol. The van der Waals surface area contributed by atoms with Crippen LogP contribution in [0.5, 0.6) is 0 Å². The number of para-hydroxylation sites is 1. The summed E-state index contributed by atoms with van der Waals surface area (Å²) < 4.78 is 54.3. The number of piperidine rings is 1. The molecule has 2 fully saturated rings. The molecule has 7 nitrogen and oxygen atoms in total. The Labute approximate surface area is 244 Å². The maximum absolute atomic E-state index is 14.2. The van der Waals surface area contributed by atoms with Crippen LogP contribution >= 0.6 is 0 Å². The normalized spacial score (nSPS) is 17.2. The molecule has 1 aromatic carbocycles. The zero-order chi connectivity index (χ0) is 30.2. The summed E-state index contributed by atoms with van der Waals surface area (Å²) in [6.45, 7) is 8.72. The Morgan fingerprint density at radius 2 is 1.88 bits per heavy atom. The molecule has 0 amide bonds. The minimum atomic E-state index is -2.37. The lowest BCUT2D eigenvalue weighted by molar-refractivity contribution is 0.0667. The molecule has 3 N–H and O–H groups in total. The first kappa shape index (κ1) is 31.0. The van der Waals surface area contributed by atoms with E-state index >= 15 is 0 Å². The van der Waals surface area contributed by atoms with Crippen molar-refractivity contribution in [3.05, 3.63) is 89.6 Å². The number of nitrogens with two attached hydrogens (primary N) is 1. The number of nitrogens with zero attached hydrogens (tertiary/aromatic N) is 5. The van der Waals surface area contributed by atoms with Crippen molar-refractivity contribution >= 4 is 23.9 Å². The molecule has 224 valence electrons. The van der Waals surface area contributed by atoms with Gasteiger partial charge in [-0.15, -0.1) is 0 Å². The van der Waals surface area contributed by atoms with Crippen molar-refractivity contribution in [3.63, 3.8) is 0 Å². The van der Waals surface area contributed by atoms with E-state index in [4.69, 9.17) is 10.7 Å². The number of aliphatic imine (C=N–C) groups is 2. The van der Waals surface area contributed by atoms with Crippen LogP contribution in [0.2, 0.25) is 0 Å². The summed E-state index contributed by atoms with van der Waals surface area (Å²) >= 11 is 0. The Bertz CT molecular complexity index is 1340. The van der Waals surface area contributed by atoms with Crippen LogP contribution in [0.3, 0.4) is 0 Å². The van der Waals surface area contributed by atoms with Crippen molar-refractivity contribution < 1.29 is 17.6 Å². The average Bonchev–Trinajstić information content (AvgIpc) is 3.81. The molecule has 11 heteroatoms. The fourth-order valence-corrected chi connectivity index (χ4v) is 5.23. The van der Waals surface area contributed by atoms with Gasteiger partial charge in [-0.05, 0) is 79.9 Å². The summed E-state index contributed by atoms with van der Waals surface area (Å²) in [5.74, 6) is -0.447. The van der Waals surface area contributed by atoms with Crippen molar-refractivity contribution in [2.75, 3.05) is 38.5 Å². The van der Waals surface area contributed by atoms with Gasteiger partial charge in [0, 0.05) is 43.6 Å². The highest BCUT2D eigenvalue weighted by atomic mass is 19.3. The SMILES string of the molecule is C=Nc1cncc(C2CC2)c1/C(=N\CC(/C=C\N)=C/C(=C)Nc1c(F)cccc1F)N(C)C1CCN(CC(F)F)CC1. The van der Waals surface area contributed by atoms with Gasteiger partial charge in [0.1, 0.15) is 23.2 Å². The Kier molecular flexibility index (Phi) is 10.5. The fraction of sp³-hybridized carbons (Fsp3) is 0.387. The number of pyridine rings is 1. The molecular formula is C31H37F4N7. The highest BCUT2D eigenvalue weighted by Crippen LogP contribution is 2.44. The second-order valence-electron chi connectivity index (χ2n) is 10.6. The van der Waals surface area contributed by atoms with Crippen molar-refractivity contribution in [3.8, 4) is 0 Å². The number of hydrogen-bond acceptors (Lipinski definition) is 6. The maximum atomic E-state index is 14.2. The standard InChI is InChI=1S/C31H37F4N7/c1-20(40-30-25(32)5-4-6-26(30)33)15-21(9-12-36)16-39-31(29-24(22-7-8-22)17-38-18-27(29)37-2)41(3)23-10-13-42(14-11-23)19-28(34)35/h4-6,9,12,15,17-18,22-23,28,40H,1-2,7-8,10-11,13-14,16,19,36H2,3H3/b12-9-,21-15+,39-31+. The second kappa shape index (κ2) is 14.3. The summed E-state index contributed by atoms with van der Waals surface area (Å²) in [6.07, 6.45) is 9.25. The van der Waals surface area contributed by atoms with Crippen molar-refractivity contribution in [1.29, 1.82) is 0 Å². The lowest BCUT2D eigenvalue weighted by Crippen LogP contribution is -2.47. The first-order valence-corrected chi connectivity index (χ1v) is 13.9. The zero-order valence-corrected chi connectivity index (χ0v) is 23.7. The highest BCUT2D eigenvalue weighted by Gasteiger charge is 2.33. The molecule has 0 bridgehead atoms. The maximum Gasteiger partial charge on any atom is 0.251 e. The molecule has 0 radical (unpaired) electrons. The molecule has 1 saturated heterocycles. The zero-order valence-electron chi connectivity index (χ0n) is 23.7. The van der Waals surface area contributed by atoms with Gasteiger partial charge < -0.3 is 16.0 Å². The van der Waals surface area contributed by atoms with Crippen LogP contribution in [-0.2, 0) is 0 Å². The number of allylic oxidation sites excluding steroid dienone is 1. The second-order valence-corrected chi connectivity index (χ2v) is 10.6. The molecule has 2 heterocycles. The lowest BCUT2D eigenvalue weighted by atomic mass is 9.99. The minimum Gasteiger partial charge on any atom is -0.405 e. The van der Waals surface area contributed by atoms with E-state index in [0.717, 1.165) is 36.1 Å².